The molecule has 2 fully saturated rings. The summed E-state index contributed by atoms with van der Waals surface area (Å²) in [5, 5.41) is 18.8. The van der Waals surface area contributed by atoms with Crippen molar-refractivity contribution in [2.75, 3.05) is 20.3 Å². The first-order chi connectivity index (χ1) is 24.3. The Morgan fingerprint density at radius 3 is 2.12 bits per heavy atom. The zero-order valence-corrected chi connectivity index (χ0v) is 28.8. The van der Waals surface area contributed by atoms with Gasteiger partial charge in [-0.1, -0.05) is 85.6 Å². The minimum Gasteiger partial charge on any atom is -0.497 e. The summed E-state index contributed by atoms with van der Waals surface area (Å²) in [6.07, 6.45) is 5.15. The second-order valence-corrected chi connectivity index (χ2v) is 13.3. The maximum Gasteiger partial charge on any atom is 0.167 e. The highest BCUT2D eigenvalue weighted by molar-refractivity contribution is 5.68. The van der Waals surface area contributed by atoms with Crippen molar-refractivity contribution in [3.8, 4) is 5.75 Å². The fraction of sp³-hybridized carbons (Fsp3) is 0.410. The number of nitrogens with one attached hydrogen (secondary N) is 1. The average molecular weight is 680 g/mol. The molecule has 0 amide bonds. The molecule has 2 saturated heterocycles. The Morgan fingerprint density at radius 1 is 0.820 bits per heavy atom. The van der Waals surface area contributed by atoms with Gasteiger partial charge in [0.1, 0.15) is 35.2 Å². The van der Waals surface area contributed by atoms with Gasteiger partial charge in [0.25, 0.3) is 0 Å². The van der Waals surface area contributed by atoms with E-state index in [1.165, 1.54) is 0 Å². The smallest absolute Gasteiger partial charge is 0.167 e. The molecule has 7 rings (SSSR count). The van der Waals surface area contributed by atoms with Gasteiger partial charge < -0.3 is 33.4 Å². The van der Waals surface area contributed by atoms with Crippen molar-refractivity contribution in [1.29, 1.82) is 5.41 Å². The topological polar surface area (TPSA) is 126 Å². The number of nitrogens with zero attached hydrogens (tertiary/aromatic N) is 4. The third-order valence-electron chi connectivity index (χ3n) is 9.65. The van der Waals surface area contributed by atoms with Crippen LogP contribution in [0.25, 0.3) is 11.2 Å². The van der Waals surface area contributed by atoms with Crippen LogP contribution >= 0.6 is 0 Å². The maximum absolute atomic E-state index is 9.89. The van der Waals surface area contributed by atoms with Gasteiger partial charge in [0.05, 0.1) is 26.4 Å². The number of aliphatic hydroxyl groups is 1. The fourth-order valence-corrected chi connectivity index (χ4v) is 7.24. The average Bonchev–Trinajstić information content (AvgIpc) is 3.82. The minimum absolute atomic E-state index is 0.184. The molecule has 0 radical (unpaired) electrons. The van der Waals surface area contributed by atoms with Crippen LogP contribution in [0.15, 0.2) is 97.6 Å². The second-order valence-electron chi connectivity index (χ2n) is 13.3. The lowest BCUT2D eigenvalue weighted by Crippen LogP contribution is -2.33. The molecule has 11 heteroatoms. The zero-order chi connectivity index (χ0) is 34.7. The Labute approximate surface area is 291 Å². The summed E-state index contributed by atoms with van der Waals surface area (Å²) >= 11 is 0. The summed E-state index contributed by atoms with van der Waals surface area (Å²) in [5.41, 5.74) is 3.74. The van der Waals surface area contributed by atoms with Crippen molar-refractivity contribution >= 4 is 11.2 Å². The normalized spacial score (nSPS) is 21.4. The maximum atomic E-state index is 9.89. The molecule has 0 aliphatic carbocycles. The van der Waals surface area contributed by atoms with Crippen molar-refractivity contribution < 1.29 is 28.8 Å². The van der Waals surface area contributed by atoms with Gasteiger partial charge in [-0.05, 0) is 55.5 Å². The highest BCUT2D eigenvalue weighted by Crippen LogP contribution is 2.44. The van der Waals surface area contributed by atoms with Gasteiger partial charge in [-0.25, -0.2) is 9.97 Å². The molecule has 50 heavy (non-hydrogen) atoms. The fourth-order valence-electron chi connectivity index (χ4n) is 7.24. The lowest BCUT2D eigenvalue weighted by Gasteiger charge is -2.36. The van der Waals surface area contributed by atoms with Gasteiger partial charge in [0.15, 0.2) is 23.1 Å². The lowest BCUT2D eigenvalue weighted by atomic mass is 9.80. The minimum atomic E-state index is -0.784. The molecule has 2 aliphatic rings. The van der Waals surface area contributed by atoms with Crippen LogP contribution in [-0.2, 0) is 31.1 Å². The molecule has 0 saturated carbocycles. The molecule has 2 aromatic heterocycles. The Balaban J connectivity index is 0.994. The first-order valence-electron chi connectivity index (χ1n) is 17.3. The Morgan fingerprint density at radius 2 is 1.46 bits per heavy atom. The predicted molar refractivity (Wildman–Crippen MR) is 186 cm³/mol. The van der Waals surface area contributed by atoms with E-state index in [-0.39, 0.29) is 6.61 Å². The van der Waals surface area contributed by atoms with Crippen LogP contribution in [0.2, 0.25) is 0 Å². The van der Waals surface area contributed by atoms with E-state index < -0.39 is 35.9 Å². The quantitative estimate of drug-likeness (QED) is 0.113. The number of hydrogen-bond acceptors (Lipinski definition) is 9. The molecule has 2 N–H and O–H groups in total. The van der Waals surface area contributed by atoms with Crippen LogP contribution in [0.1, 0.15) is 62.4 Å². The number of methoxy groups -OCH3 is 1. The Bertz CT molecular complexity index is 1890. The Hall–Kier alpha value is -4.39. The largest absolute Gasteiger partial charge is 0.497 e. The molecule has 3 aromatic carbocycles. The molecule has 2 aliphatic heterocycles. The molecule has 11 nitrogen and oxygen atoms in total. The van der Waals surface area contributed by atoms with E-state index >= 15 is 0 Å². The van der Waals surface area contributed by atoms with Gasteiger partial charge in [-0.2, -0.15) is 0 Å². The van der Waals surface area contributed by atoms with Crippen LogP contribution in [0.5, 0.6) is 5.75 Å². The third-order valence-corrected chi connectivity index (χ3v) is 9.65. The monoisotopic (exact) mass is 679 g/mol. The van der Waals surface area contributed by atoms with E-state index in [1.807, 2.05) is 42.7 Å². The summed E-state index contributed by atoms with van der Waals surface area (Å²) in [5.74, 6) is 0.0172. The zero-order valence-electron chi connectivity index (χ0n) is 28.8. The summed E-state index contributed by atoms with van der Waals surface area (Å²) in [4.78, 5) is 9.21. The van der Waals surface area contributed by atoms with Crippen LogP contribution < -0.4 is 10.2 Å². The highest BCUT2D eigenvalue weighted by Gasteiger charge is 2.56. The number of aromatic nitrogens is 4. The van der Waals surface area contributed by atoms with Crippen molar-refractivity contribution in [3.63, 3.8) is 0 Å². The third kappa shape index (κ3) is 6.47. The number of unbranched alkanes of at least 4 members (excludes halogenated alkanes) is 3. The van der Waals surface area contributed by atoms with Crippen LogP contribution in [0.4, 0.5) is 0 Å². The number of aryl methyl sites for hydroxylation is 1. The van der Waals surface area contributed by atoms with E-state index in [0.29, 0.717) is 29.8 Å². The molecule has 4 heterocycles. The molecule has 4 atom stereocenters. The number of fused-ring (bicyclic) bond motifs is 2. The van der Waals surface area contributed by atoms with Gasteiger partial charge in [0, 0.05) is 13.2 Å². The first kappa shape index (κ1) is 34.1. The summed E-state index contributed by atoms with van der Waals surface area (Å²) in [6.45, 7) is 4.75. The number of ether oxygens (including phenoxy) is 5. The standard InChI is InChI=1S/C39H45N5O6/c1-38(2)49-33-31(24-45)48-37(34(33)50-38)44-26-41-32-35(40)43(25-42-36(32)44)22-12-4-5-13-23-47-39(27-14-8-6-9-15-27,28-16-10-7-11-17-28)29-18-20-30(46-3)21-19-29/h6-11,14-21,25-26,31,33-34,37,40,45H,4-5,12-13,22-24H2,1-3H3/t31-,33-,34-,37-/m1/s1. The molecule has 0 unspecified atom stereocenters. The second kappa shape index (κ2) is 14.5. The van der Waals surface area contributed by atoms with Crippen molar-refractivity contribution in [3.05, 3.63) is 120 Å². The molecule has 5 aromatic rings. The molecular formula is C39H45N5O6. The summed E-state index contributed by atoms with van der Waals surface area (Å²) in [7, 11) is 1.68. The van der Waals surface area contributed by atoms with Crippen LogP contribution in [0, 0.1) is 5.41 Å². The SMILES string of the molecule is COc1ccc(C(OCCCCCCn2cnc3c(ncn3[C@@H]3O[C@H](CO)[C@H]4OC(C)(C)O[C@H]43)c2=N)(c2ccccc2)c2ccccc2)cc1. The lowest BCUT2D eigenvalue weighted by molar-refractivity contribution is -0.199. The first-order valence-corrected chi connectivity index (χ1v) is 17.3. The van der Waals surface area contributed by atoms with Crippen molar-refractivity contribution in [1.82, 2.24) is 19.1 Å². The van der Waals surface area contributed by atoms with Gasteiger partial charge in [-0.15, -0.1) is 0 Å². The molecule has 262 valence electrons. The number of imidazole rings is 1. The highest BCUT2D eigenvalue weighted by atomic mass is 16.8. The van der Waals surface area contributed by atoms with Gasteiger partial charge >= 0.3 is 0 Å². The molecule has 0 spiro atoms. The van der Waals surface area contributed by atoms with Crippen LogP contribution in [-0.4, -0.2) is 68.6 Å². The van der Waals surface area contributed by atoms with Gasteiger partial charge in [-0.3, -0.25) is 9.98 Å². The van der Waals surface area contributed by atoms with Gasteiger partial charge in [0.2, 0.25) is 0 Å². The summed E-state index contributed by atoms with van der Waals surface area (Å²) < 4.78 is 34.3. The van der Waals surface area contributed by atoms with E-state index in [0.717, 1.165) is 48.1 Å². The van der Waals surface area contributed by atoms with E-state index in [4.69, 9.17) is 29.1 Å². The van der Waals surface area contributed by atoms with E-state index in [1.54, 1.807) is 24.3 Å². The number of benzene rings is 3. The van der Waals surface area contributed by atoms with Crippen molar-refractivity contribution in [2.45, 2.75) is 82.0 Å². The van der Waals surface area contributed by atoms with E-state index in [2.05, 4.69) is 70.6 Å². The summed E-state index contributed by atoms with van der Waals surface area (Å²) in [6, 6.07) is 28.9. The van der Waals surface area contributed by atoms with E-state index in [9.17, 15) is 5.11 Å². The van der Waals surface area contributed by atoms with Crippen molar-refractivity contribution in [2.24, 2.45) is 0 Å². The predicted octanol–water partition coefficient (Wildman–Crippen LogP) is 5.70. The van der Waals surface area contributed by atoms with Crippen LogP contribution in [0.3, 0.4) is 0 Å². The Kier molecular flexibility index (Phi) is 9.85. The molecule has 0 bridgehead atoms. The molecular weight excluding hydrogens is 634 g/mol. The number of aliphatic hydroxyl groups excluding tert-OH is 1. The number of rotatable bonds is 14. The number of hydrogen-bond donors (Lipinski definition) is 2.